The molecule has 0 fully saturated rings. The van der Waals surface area contributed by atoms with Crippen molar-refractivity contribution in [2.24, 2.45) is 0 Å². The summed E-state index contributed by atoms with van der Waals surface area (Å²) in [5.74, 6) is -0.187. The SMILES string of the molecule is CC/C=C\C/C=C\C/C=C\C/C=C\C/C=C\C/C=C\CCCCCCCCCCCCCCCCCCCCCCC(=O)NC(COP(=O)(O)OCC[N+](C)(C)C)C(O)/C=C/CC/C=C/CCCCCCCCC. The van der Waals surface area contributed by atoms with Crippen molar-refractivity contribution in [3.05, 3.63) is 97.2 Å². The lowest BCUT2D eigenvalue weighted by Gasteiger charge is -2.25. The number of aliphatic hydroxyl groups is 1. The zero-order chi connectivity index (χ0) is 54.2. The van der Waals surface area contributed by atoms with E-state index in [0.29, 0.717) is 17.4 Å². The number of allylic oxidation sites excluding steroid dienone is 15. The van der Waals surface area contributed by atoms with Gasteiger partial charge in [0.15, 0.2) is 0 Å². The Morgan fingerprint density at radius 2 is 0.824 bits per heavy atom. The maximum atomic E-state index is 13.0. The van der Waals surface area contributed by atoms with E-state index in [1.54, 1.807) is 6.08 Å². The molecule has 0 aliphatic heterocycles. The second kappa shape index (κ2) is 55.2. The van der Waals surface area contributed by atoms with Crippen LogP contribution in [0.25, 0.3) is 0 Å². The molecule has 8 nitrogen and oxygen atoms in total. The molecule has 0 aromatic rings. The zero-order valence-corrected chi connectivity index (χ0v) is 49.7. The number of hydrogen-bond acceptors (Lipinski definition) is 5. The van der Waals surface area contributed by atoms with E-state index in [1.807, 2.05) is 27.2 Å². The van der Waals surface area contributed by atoms with E-state index in [9.17, 15) is 19.4 Å². The summed E-state index contributed by atoms with van der Waals surface area (Å²) in [4.78, 5) is 23.3. The van der Waals surface area contributed by atoms with Crippen molar-refractivity contribution in [3.8, 4) is 0 Å². The molecule has 0 heterocycles. The minimum absolute atomic E-state index is 0.0544. The van der Waals surface area contributed by atoms with Crippen LogP contribution in [0, 0.1) is 0 Å². The largest absolute Gasteiger partial charge is 0.472 e. The zero-order valence-electron chi connectivity index (χ0n) is 48.8. The van der Waals surface area contributed by atoms with E-state index >= 15 is 0 Å². The maximum Gasteiger partial charge on any atom is 0.472 e. The lowest BCUT2D eigenvalue weighted by atomic mass is 10.0. The Morgan fingerprint density at radius 1 is 0.473 bits per heavy atom. The quantitative estimate of drug-likeness (QED) is 0.0243. The first-order chi connectivity index (χ1) is 36.0. The molecule has 74 heavy (non-hydrogen) atoms. The molecule has 1 amide bonds. The minimum atomic E-state index is -4.35. The van der Waals surface area contributed by atoms with Crippen LogP contribution in [0.5, 0.6) is 0 Å². The van der Waals surface area contributed by atoms with Gasteiger partial charge in [-0.05, 0) is 83.5 Å². The molecule has 0 aliphatic carbocycles. The van der Waals surface area contributed by atoms with Gasteiger partial charge in [0.25, 0.3) is 0 Å². The minimum Gasteiger partial charge on any atom is -0.387 e. The Hall–Kier alpha value is -2.58. The van der Waals surface area contributed by atoms with E-state index in [2.05, 4.69) is 104 Å². The molecule has 0 radical (unpaired) electrons. The van der Waals surface area contributed by atoms with Crippen molar-refractivity contribution < 1.29 is 32.9 Å². The van der Waals surface area contributed by atoms with E-state index in [-0.39, 0.29) is 19.1 Å². The first-order valence-electron chi connectivity index (χ1n) is 30.6. The first kappa shape index (κ1) is 71.4. The Labute approximate surface area is 458 Å². The number of hydrogen-bond donors (Lipinski definition) is 3. The third kappa shape index (κ3) is 57.1. The Balaban J connectivity index is 3.96. The second-order valence-corrected chi connectivity index (χ2v) is 23.1. The highest BCUT2D eigenvalue weighted by molar-refractivity contribution is 7.47. The summed E-state index contributed by atoms with van der Waals surface area (Å²) in [6.07, 6.45) is 79.7. The highest BCUT2D eigenvalue weighted by Crippen LogP contribution is 2.43. The van der Waals surface area contributed by atoms with E-state index in [1.165, 1.54) is 161 Å². The molecule has 0 aromatic heterocycles. The van der Waals surface area contributed by atoms with Crippen LogP contribution in [0.15, 0.2) is 97.2 Å². The molecule has 428 valence electrons. The maximum absolute atomic E-state index is 13.0. The van der Waals surface area contributed by atoms with Gasteiger partial charge in [0.1, 0.15) is 13.2 Å². The van der Waals surface area contributed by atoms with Gasteiger partial charge in [-0.3, -0.25) is 13.8 Å². The number of phosphoric acid groups is 1. The van der Waals surface area contributed by atoms with Crippen molar-refractivity contribution in [3.63, 3.8) is 0 Å². The van der Waals surface area contributed by atoms with Crippen molar-refractivity contribution in [2.45, 2.75) is 270 Å². The van der Waals surface area contributed by atoms with Gasteiger partial charge in [-0.2, -0.15) is 0 Å². The van der Waals surface area contributed by atoms with Gasteiger partial charge in [0.2, 0.25) is 5.91 Å². The number of likely N-dealkylation sites (N-methyl/N-ethyl adjacent to an activating group) is 1. The van der Waals surface area contributed by atoms with Gasteiger partial charge >= 0.3 is 7.82 Å². The molecule has 0 rings (SSSR count). The fourth-order valence-corrected chi connectivity index (χ4v) is 9.27. The van der Waals surface area contributed by atoms with Gasteiger partial charge in [0, 0.05) is 6.42 Å². The average molecular weight is 1050 g/mol. The fourth-order valence-electron chi connectivity index (χ4n) is 8.53. The molecule has 3 unspecified atom stereocenters. The van der Waals surface area contributed by atoms with Gasteiger partial charge in [0.05, 0.1) is 39.9 Å². The van der Waals surface area contributed by atoms with E-state index in [4.69, 9.17) is 9.05 Å². The van der Waals surface area contributed by atoms with Crippen LogP contribution in [0.1, 0.15) is 258 Å². The Kier molecular flexibility index (Phi) is 53.3. The molecule has 9 heteroatoms. The molecule has 0 bridgehead atoms. The number of nitrogens with zero attached hydrogens (tertiary/aromatic N) is 1. The Bertz CT molecular complexity index is 1520. The lowest BCUT2D eigenvalue weighted by Crippen LogP contribution is -2.45. The Morgan fingerprint density at radius 3 is 1.24 bits per heavy atom. The summed E-state index contributed by atoms with van der Waals surface area (Å²) in [5.41, 5.74) is 0. The highest BCUT2D eigenvalue weighted by atomic mass is 31.2. The van der Waals surface area contributed by atoms with Crippen molar-refractivity contribution >= 4 is 13.7 Å². The number of phosphoric ester groups is 1. The second-order valence-electron chi connectivity index (χ2n) is 21.7. The van der Waals surface area contributed by atoms with Crippen LogP contribution < -0.4 is 5.32 Å². The predicted octanol–water partition coefficient (Wildman–Crippen LogP) is 19.0. The number of amides is 1. The number of unbranched alkanes of at least 4 members (excludes halogenated alkanes) is 28. The summed E-state index contributed by atoms with van der Waals surface area (Å²) in [6, 6.07) is -0.865. The van der Waals surface area contributed by atoms with Gasteiger partial charge in [-0.25, -0.2) is 4.57 Å². The van der Waals surface area contributed by atoms with E-state index in [0.717, 1.165) is 77.0 Å². The van der Waals surface area contributed by atoms with Crippen LogP contribution in [-0.2, 0) is 18.4 Å². The third-order valence-electron chi connectivity index (χ3n) is 13.3. The first-order valence-corrected chi connectivity index (χ1v) is 32.1. The van der Waals surface area contributed by atoms with Gasteiger partial charge in [-0.1, -0.05) is 265 Å². The lowest BCUT2D eigenvalue weighted by molar-refractivity contribution is -0.870. The van der Waals surface area contributed by atoms with Gasteiger partial charge in [-0.15, -0.1) is 0 Å². The van der Waals surface area contributed by atoms with E-state index < -0.39 is 20.0 Å². The monoisotopic (exact) mass is 1050 g/mol. The standard InChI is InChI=1S/C65H117N2O6P/c1-6-8-10-12-14-16-18-20-21-22-23-24-25-26-27-28-29-30-31-32-33-34-35-36-37-38-39-40-41-42-43-44-45-47-49-51-53-55-57-59-65(69)66-63(62-73-74(70,71)72-61-60-67(3,4)5)64(68)58-56-54-52-50-48-46-19-17-15-13-11-9-7-2/h8,10,14,16,20-21,23-24,26-27,29-30,48,50,56,58,63-64,68H,6-7,9,11-13,15,17-19,22,25,28,31-47,49,51-55,57,59-62H2,1-5H3,(H-,66,69,70,71)/p+1/b10-8-,16-14-,21-20-,24-23-,27-26-,30-29-,50-48+,58-56+. The number of quaternary nitrogens is 1. The van der Waals surface area contributed by atoms with Crippen LogP contribution in [0.3, 0.4) is 0 Å². The number of carbonyl (C=O) groups is 1. The third-order valence-corrected chi connectivity index (χ3v) is 14.3. The van der Waals surface area contributed by atoms with Crippen molar-refractivity contribution in [1.29, 1.82) is 0 Å². The summed E-state index contributed by atoms with van der Waals surface area (Å²) in [5, 5.41) is 13.9. The van der Waals surface area contributed by atoms with Gasteiger partial charge < -0.3 is 19.8 Å². The fraction of sp³-hybridized carbons (Fsp3) is 0.738. The van der Waals surface area contributed by atoms with Crippen LogP contribution >= 0.6 is 7.82 Å². The topological polar surface area (TPSA) is 105 Å². The van der Waals surface area contributed by atoms with Crippen molar-refractivity contribution in [1.82, 2.24) is 5.32 Å². The predicted molar refractivity (Wildman–Crippen MR) is 322 cm³/mol. The summed E-state index contributed by atoms with van der Waals surface area (Å²) in [6.45, 7) is 4.67. The molecule has 3 atom stereocenters. The molecular weight excluding hydrogens is 936 g/mol. The molecule has 3 N–H and O–H groups in total. The molecule has 0 aromatic carbocycles. The number of rotatable bonds is 55. The van der Waals surface area contributed by atoms with Crippen molar-refractivity contribution in [2.75, 3.05) is 40.9 Å². The summed E-state index contributed by atoms with van der Waals surface area (Å²) >= 11 is 0. The van der Waals surface area contributed by atoms with Crippen LogP contribution in [-0.4, -0.2) is 73.4 Å². The molecule has 0 saturated carbocycles. The highest BCUT2D eigenvalue weighted by Gasteiger charge is 2.27. The van der Waals surface area contributed by atoms with Crippen LogP contribution in [0.4, 0.5) is 0 Å². The molecule has 0 aliphatic rings. The summed E-state index contributed by atoms with van der Waals surface area (Å²) in [7, 11) is 1.55. The molecule has 0 saturated heterocycles. The normalized spacial score (nSPS) is 14.5. The smallest absolute Gasteiger partial charge is 0.387 e. The average Bonchev–Trinajstić information content (AvgIpc) is 3.36. The summed E-state index contributed by atoms with van der Waals surface area (Å²) < 4.78 is 23.6. The number of nitrogens with one attached hydrogen (secondary N) is 1. The molecule has 0 spiro atoms. The number of aliphatic hydroxyl groups excluding tert-OH is 1. The molecular formula is C65H118N2O6P+. The number of carbonyl (C=O) groups excluding carboxylic acids is 1. The van der Waals surface area contributed by atoms with Crippen LogP contribution in [0.2, 0.25) is 0 Å².